The van der Waals surface area contributed by atoms with Crippen molar-refractivity contribution >= 4 is 5.91 Å². The second-order valence-electron chi connectivity index (χ2n) is 5.91. The number of benzene rings is 1. The number of likely N-dealkylation sites (tertiary alicyclic amines) is 1. The molecule has 3 rings (SSSR count). The fraction of sp³-hybridized carbons (Fsp3) is 0.562. The molecule has 1 aromatic carbocycles. The number of carbonyl (C=O) groups is 1. The van der Waals surface area contributed by atoms with E-state index in [1.165, 1.54) is 32.4 Å². The van der Waals surface area contributed by atoms with Gasteiger partial charge in [0.1, 0.15) is 0 Å². The van der Waals surface area contributed by atoms with Crippen molar-refractivity contribution in [2.45, 2.75) is 32.2 Å². The van der Waals surface area contributed by atoms with E-state index in [1.807, 2.05) is 31.2 Å². The van der Waals surface area contributed by atoms with Crippen LogP contribution in [-0.2, 0) is 0 Å². The van der Waals surface area contributed by atoms with Crippen LogP contribution in [0.5, 0.6) is 0 Å². The maximum Gasteiger partial charge on any atom is 0.251 e. The highest BCUT2D eigenvalue weighted by Gasteiger charge is 2.34. The Morgan fingerprint density at radius 2 is 2.11 bits per heavy atom. The predicted molar refractivity (Wildman–Crippen MR) is 76.2 cm³/mol. The van der Waals surface area contributed by atoms with Gasteiger partial charge in [-0.3, -0.25) is 4.79 Å². The Balaban J connectivity index is 1.50. The summed E-state index contributed by atoms with van der Waals surface area (Å²) >= 11 is 0. The van der Waals surface area contributed by atoms with Gasteiger partial charge in [0.25, 0.3) is 5.91 Å². The van der Waals surface area contributed by atoms with E-state index in [0.717, 1.165) is 23.7 Å². The number of carbonyl (C=O) groups excluding carboxylic acids is 1. The highest BCUT2D eigenvalue weighted by molar-refractivity contribution is 5.95. The lowest BCUT2D eigenvalue weighted by atomic mass is 10.1. The van der Waals surface area contributed by atoms with E-state index < -0.39 is 0 Å². The van der Waals surface area contributed by atoms with Gasteiger partial charge in [-0.1, -0.05) is 18.2 Å². The van der Waals surface area contributed by atoms with Crippen LogP contribution < -0.4 is 5.32 Å². The minimum atomic E-state index is 0.0722. The van der Waals surface area contributed by atoms with Crippen molar-refractivity contribution in [3.8, 4) is 0 Å². The first-order valence-electron chi connectivity index (χ1n) is 7.32. The molecule has 2 aliphatic rings. The van der Waals surface area contributed by atoms with Gasteiger partial charge in [-0.15, -0.1) is 0 Å². The molecular weight excluding hydrogens is 236 g/mol. The molecule has 1 amide bonds. The van der Waals surface area contributed by atoms with Crippen molar-refractivity contribution in [1.29, 1.82) is 0 Å². The Hall–Kier alpha value is -1.35. The molecule has 2 fully saturated rings. The highest BCUT2D eigenvalue weighted by Crippen LogP contribution is 2.31. The number of rotatable bonds is 4. The fourth-order valence-electron chi connectivity index (χ4n) is 2.96. The van der Waals surface area contributed by atoms with Crippen molar-refractivity contribution < 1.29 is 4.79 Å². The predicted octanol–water partition coefficient (Wildman–Crippen LogP) is 2.21. The van der Waals surface area contributed by atoms with Crippen LogP contribution in [0.2, 0.25) is 0 Å². The van der Waals surface area contributed by atoms with E-state index in [1.54, 1.807) is 0 Å². The van der Waals surface area contributed by atoms with Crippen molar-refractivity contribution in [1.82, 2.24) is 10.2 Å². The van der Waals surface area contributed by atoms with E-state index >= 15 is 0 Å². The minimum Gasteiger partial charge on any atom is -0.352 e. The van der Waals surface area contributed by atoms with E-state index in [0.29, 0.717) is 5.92 Å². The molecule has 1 saturated carbocycles. The van der Waals surface area contributed by atoms with Gasteiger partial charge in [-0.05, 0) is 50.3 Å². The maximum atomic E-state index is 12.1. The van der Waals surface area contributed by atoms with Gasteiger partial charge in [0.05, 0.1) is 0 Å². The summed E-state index contributed by atoms with van der Waals surface area (Å²) in [4.78, 5) is 14.7. The molecule has 1 unspecified atom stereocenters. The Kier molecular flexibility index (Phi) is 3.56. The summed E-state index contributed by atoms with van der Waals surface area (Å²) in [5.74, 6) is 0.705. The van der Waals surface area contributed by atoms with Crippen molar-refractivity contribution in [2.24, 2.45) is 5.92 Å². The molecule has 19 heavy (non-hydrogen) atoms. The third kappa shape index (κ3) is 2.98. The normalized spacial score (nSPS) is 23.5. The largest absolute Gasteiger partial charge is 0.352 e. The summed E-state index contributed by atoms with van der Waals surface area (Å²) < 4.78 is 0. The molecule has 1 aliphatic heterocycles. The molecule has 1 aromatic rings. The highest BCUT2D eigenvalue weighted by atomic mass is 16.1. The molecular formula is C16H22N2O. The van der Waals surface area contributed by atoms with E-state index in [9.17, 15) is 4.79 Å². The molecule has 3 nitrogen and oxygen atoms in total. The van der Waals surface area contributed by atoms with Gasteiger partial charge in [0, 0.05) is 24.7 Å². The first-order chi connectivity index (χ1) is 9.24. The van der Waals surface area contributed by atoms with Crippen LogP contribution in [-0.4, -0.2) is 36.5 Å². The van der Waals surface area contributed by atoms with Crippen LogP contribution in [0, 0.1) is 12.8 Å². The summed E-state index contributed by atoms with van der Waals surface area (Å²) in [5.41, 5.74) is 1.85. The monoisotopic (exact) mass is 258 g/mol. The van der Waals surface area contributed by atoms with Gasteiger partial charge in [-0.25, -0.2) is 0 Å². The number of hydrogen-bond acceptors (Lipinski definition) is 2. The Morgan fingerprint density at radius 3 is 2.84 bits per heavy atom. The molecule has 1 N–H and O–H groups in total. The number of nitrogens with zero attached hydrogens (tertiary/aromatic N) is 1. The van der Waals surface area contributed by atoms with Crippen molar-refractivity contribution in [3.05, 3.63) is 35.4 Å². The topological polar surface area (TPSA) is 32.3 Å². The van der Waals surface area contributed by atoms with Crippen LogP contribution >= 0.6 is 0 Å². The van der Waals surface area contributed by atoms with Gasteiger partial charge >= 0.3 is 0 Å². The zero-order valence-electron chi connectivity index (χ0n) is 11.6. The number of amides is 1. The second-order valence-corrected chi connectivity index (χ2v) is 5.91. The molecule has 0 spiro atoms. The molecule has 1 aliphatic carbocycles. The molecule has 1 atom stereocenters. The molecule has 1 heterocycles. The van der Waals surface area contributed by atoms with E-state index in [4.69, 9.17) is 0 Å². The summed E-state index contributed by atoms with van der Waals surface area (Å²) in [6.07, 6.45) is 3.98. The van der Waals surface area contributed by atoms with Gasteiger partial charge in [0.2, 0.25) is 0 Å². The minimum absolute atomic E-state index is 0.0722. The number of nitrogens with one attached hydrogen (secondary N) is 1. The average molecular weight is 258 g/mol. The third-order valence-corrected chi connectivity index (χ3v) is 4.32. The molecule has 3 heteroatoms. The second kappa shape index (κ2) is 5.33. The number of aryl methyl sites for hydroxylation is 1. The van der Waals surface area contributed by atoms with Gasteiger partial charge in [0.15, 0.2) is 0 Å². The zero-order chi connectivity index (χ0) is 13.2. The first-order valence-corrected chi connectivity index (χ1v) is 7.32. The smallest absolute Gasteiger partial charge is 0.251 e. The van der Waals surface area contributed by atoms with E-state index in [2.05, 4.69) is 10.2 Å². The quantitative estimate of drug-likeness (QED) is 0.898. The van der Waals surface area contributed by atoms with Gasteiger partial charge < -0.3 is 10.2 Å². The maximum absolute atomic E-state index is 12.1. The van der Waals surface area contributed by atoms with Crippen LogP contribution in [0.15, 0.2) is 24.3 Å². The summed E-state index contributed by atoms with van der Waals surface area (Å²) in [5, 5.41) is 3.10. The first kappa shape index (κ1) is 12.7. The van der Waals surface area contributed by atoms with Crippen LogP contribution in [0.25, 0.3) is 0 Å². The lowest BCUT2D eigenvalue weighted by molar-refractivity contribution is 0.0946. The Bertz CT molecular complexity index is 468. The number of hydrogen-bond donors (Lipinski definition) is 1. The molecule has 1 saturated heterocycles. The molecule has 0 radical (unpaired) electrons. The molecule has 0 bridgehead atoms. The lowest BCUT2D eigenvalue weighted by Crippen LogP contribution is -2.31. The Morgan fingerprint density at radius 1 is 1.32 bits per heavy atom. The standard InChI is InChI=1S/C16H22N2O/c1-12-4-2-3-5-15(12)16(19)17-10-13-8-9-18(11-13)14-6-7-14/h2-5,13-14H,6-11H2,1H3,(H,17,19). The van der Waals surface area contributed by atoms with Gasteiger partial charge in [-0.2, -0.15) is 0 Å². The summed E-state index contributed by atoms with van der Waals surface area (Å²) in [6, 6.07) is 8.63. The van der Waals surface area contributed by atoms with Crippen molar-refractivity contribution in [3.63, 3.8) is 0 Å². The van der Waals surface area contributed by atoms with E-state index in [-0.39, 0.29) is 5.91 Å². The van der Waals surface area contributed by atoms with Crippen LogP contribution in [0.4, 0.5) is 0 Å². The average Bonchev–Trinajstić information content (AvgIpc) is 3.16. The lowest BCUT2D eigenvalue weighted by Gasteiger charge is -2.15. The summed E-state index contributed by atoms with van der Waals surface area (Å²) in [6.45, 7) is 5.18. The zero-order valence-corrected chi connectivity index (χ0v) is 11.6. The third-order valence-electron chi connectivity index (χ3n) is 4.32. The molecule has 0 aromatic heterocycles. The van der Waals surface area contributed by atoms with Crippen molar-refractivity contribution in [2.75, 3.05) is 19.6 Å². The SMILES string of the molecule is Cc1ccccc1C(=O)NCC1CCN(C2CC2)C1. The fourth-order valence-corrected chi connectivity index (χ4v) is 2.96. The van der Waals surface area contributed by atoms with Crippen LogP contribution in [0.3, 0.4) is 0 Å². The summed E-state index contributed by atoms with van der Waals surface area (Å²) in [7, 11) is 0. The molecule has 102 valence electrons. The van der Waals surface area contributed by atoms with Crippen LogP contribution in [0.1, 0.15) is 35.2 Å². The Labute approximate surface area is 115 Å².